The maximum absolute atomic E-state index is 15.2. The molecule has 0 saturated heterocycles. The Morgan fingerprint density at radius 3 is 2.21 bits per heavy atom. The largest absolute Gasteiger partial charge is 0.264 e. The van der Waals surface area contributed by atoms with Crippen molar-refractivity contribution in [3.05, 3.63) is 108 Å². The van der Waals surface area contributed by atoms with Crippen molar-refractivity contribution in [2.24, 2.45) is 5.41 Å². The van der Waals surface area contributed by atoms with Gasteiger partial charge in [0, 0.05) is 11.5 Å². The van der Waals surface area contributed by atoms with E-state index in [2.05, 4.69) is 6.58 Å². The third kappa shape index (κ3) is 3.29. The SMILES string of the molecule is C=C[C@@H]1c2c(F)cccc2N(S(=O)(=O)c2ccc(C)cc2)[C@H](c2ccccc2)C1(C#N)C#N. The Balaban J connectivity index is 2.15. The zero-order chi connectivity index (χ0) is 23.8. The lowest BCUT2D eigenvalue weighted by atomic mass is 9.64. The molecule has 0 radical (unpaired) electrons. The van der Waals surface area contributed by atoms with Crippen molar-refractivity contribution in [2.75, 3.05) is 4.31 Å². The Morgan fingerprint density at radius 1 is 1.00 bits per heavy atom. The number of nitriles is 2. The van der Waals surface area contributed by atoms with E-state index >= 15 is 4.39 Å². The summed E-state index contributed by atoms with van der Waals surface area (Å²) in [6, 6.07) is 21.7. The first-order valence-electron chi connectivity index (χ1n) is 10.2. The summed E-state index contributed by atoms with van der Waals surface area (Å²) in [4.78, 5) is -0.0222. The lowest BCUT2D eigenvalue weighted by Crippen LogP contribution is -2.50. The van der Waals surface area contributed by atoms with Crippen LogP contribution >= 0.6 is 0 Å². The van der Waals surface area contributed by atoms with Crippen molar-refractivity contribution in [1.82, 2.24) is 0 Å². The molecule has 164 valence electrons. The van der Waals surface area contributed by atoms with Crippen molar-refractivity contribution < 1.29 is 12.8 Å². The number of nitrogens with zero attached hydrogens (tertiary/aromatic N) is 3. The molecule has 0 unspecified atom stereocenters. The van der Waals surface area contributed by atoms with Crippen LogP contribution in [0.2, 0.25) is 0 Å². The quantitative estimate of drug-likeness (QED) is 0.492. The molecule has 0 N–H and O–H groups in total. The van der Waals surface area contributed by atoms with E-state index in [4.69, 9.17) is 0 Å². The summed E-state index contributed by atoms with van der Waals surface area (Å²) < 4.78 is 44.3. The third-order valence-electron chi connectivity index (χ3n) is 6.03. The second kappa shape index (κ2) is 8.20. The van der Waals surface area contributed by atoms with Gasteiger partial charge in [-0.05, 0) is 36.8 Å². The van der Waals surface area contributed by atoms with Crippen LogP contribution in [0.3, 0.4) is 0 Å². The fourth-order valence-corrected chi connectivity index (χ4v) is 6.15. The predicted octanol–water partition coefficient (Wildman–Crippen LogP) is 5.39. The number of sulfonamides is 1. The molecule has 0 saturated carbocycles. The van der Waals surface area contributed by atoms with Gasteiger partial charge in [-0.15, -0.1) is 6.58 Å². The maximum atomic E-state index is 15.2. The molecule has 7 heteroatoms. The molecule has 0 aliphatic carbocycles. The molecule has 33 heavy (non-hydrogen) atoms. The monoisotopic (exact) mass is 457 g/mol. The van der Waals surface area contributed by atoms with Gasteiger partial charge >= 0.3 is 0 Å². The molecule has 2 atom stereocenters. The number of hydrogen-bond donors (Lipinski definition) is 0. The van der Waals surface area contributed by atoms with E-state index in [1.807, 2.05) is 19.1 Å². The molecule has 1 aliphatic rings. The fourth-order valence-electron chi connectivity index (χ4n) is 4.46. The van der Waals surface area contributed by atoms with Crippen LogP contribution in [0.4, 0.5) is 10.1 Å². The van der Waals surface area contributed by atoms with E-state index in [0.29, 0.717) is 5.56 Å². The highest BCUT2D eigenvalue weighted by Crippen LogP contribution is 2.58. The van der Waals surface area contributed by atoms with E-state index in [1.165, 1.54) is 36.4 Å². The van der Waals surface area contributed by atoms with Crippen LogP contribution in [0.15, 0.2) is 90.3 Å². The van der Waals surface area contributed by atoms with E-state index in [0.717, 1.165) is 9.87 Å². The first-order valence-corrected chi connectivity index (χ1v) is 11.7. The lowest BCUT2D eigenvalue weighted by molar-refractivity contribution is 0.353. The van der Waals surface area contributed by atoms with Gasteiger partial charge in [0.15, 0.2) is 5.41 Å². The summed E-state index contributed by atoms with van der Waals surface area (Å²) in [5.74, 6) is -1.76. The molecule has 0 bridgehead atoms. The van der Waals surface area contributed by atoms with Crippen molar-refractivity contribution in [2.45, 2.75) is 23.8 Å². The fraction of sp³-hybridized carbons (Fsp3) is 0.154. The van der Waals surface area contributed by atoms with Crippen LogP contribution in [0.5, 0.6) is 0 Å². The molecule has 0 spiro atoms. The Morgan fingerprint density at radius 2 is 1.64 bits per heavy atom. The smallest absolute Gasteiger partial charge is 0.256 e. The van der Waals surface area contributed by atoms with E-state index in [1.54, 1.807) is 42.5 Å². The number of benzene rings is 3. The topological polar surface area (TPSA) is 85.0 Å². The number of anilines is 1. The van der Waals surface area contributed by atoms with E-state index < -0.39 is 33.2 Å². The molecule has 5 nitrogen and oxygen atoms in total. The van der Waals surface area contributed by atoms with Crippen LogP contribution in [-0.2, 0) is 10.0 Å². The predicted molar refractivity (Wildman–Crippen MR) is 123 cm³/mol. The minimum Gasteiger partial charge on any atom is -0.256 e. The van der Waals surface area contributed by atoms with Gasteiger partial charge in [0.25, 0.3) is 10.0 Å². The first kappa shape index (κ1) is 22.3. The van der Waals surface area contributed by atoms with Crippen molar-refractivity contribution in [1.29, 1.82) is 10.5 Å². The molecule has 3 aromatic carbocycles. The van der Waals surface area contributed by atoms with Gasteiger partial charge in [0.1, 0.15) is 11.9 Å². The summed E-state index contributed by atoms with van der Waals surface area (Å²) in [6.07, 6.45) is 1.35. The average molecular weight is 458 g/mol. The van der Waals surface area contributed by atoms with Gasteiger partial charge in [-0.25, -0.2) is 12.8 Å². The highest BCUT2D eigenvalue weighted by atomic mass is 32.2. The molecule has 1 aliphatic heterocycles. The summed E-state index contributed by atoms with van der Waals surface area (Å²) in [7, 11) is -4.30. The van der Waals surface area contributed by atoms with Gasteiger partial charge in [-0.1, -0.05) is 60.2 Å². The van der Waals surface area contributed by atoms with Crippen molar-refractivity contribution in [3.63, 3.8) is 0 Å². The Kier molecular flexibility index (Phi) is 5.53. The molecule has 0 aromatic heterocycles. The van der Waals surface area contributed by atoms with Gasteiger partial charge in [-0.2, -0.15) is 10.5 Å². The number of allylic oxidation sites excluding steroid dienone is 1. The van der Waals surface area contributed by atoms with Crippen LogP contribution in [0.1, 0.15) is 28.7 Å². The second-order valence-electron chi connectivity index (χ2n) is 7.91. The molecule has 1 heterocycles. The molecule has 4 rings (SSSR count). The van der Waals surface area contributed by atoms with Gasteiger partial charge in [0.2, 0.25) is 0 Å². The molecular formula is C26H20FN3O2S. The number of halogens is 1. The molecule has 0 fully saturated rings. The first-order chi connectivity index (χ1) is 15.8. The third-order valence-corrected chi connectivity index (χ3v) is 7.83. The minimum absolute atomic E-state index is 0.0222. The summed E-state index contributed by atoms with van der Waals surface area (Å²) >= 11 is 0. The van der Waals surface area contributed by atoms with Gasteiger partial charge < -0.3 is 0 Å². The average Bonchev–Trinajstić information content (AvgIpc) is 2.83. The van der Waals surface area contributed by atoms with Crippen molar-refractivity contribution >= 4 is 15.7 Å². The zero-order valence-electron chi connectivity index (χ0n) is 17.8. The highest BCUT2D eigenvalue weighted by Gasteiger charge is 2.58. The van der Waals surface area contributed by atoms with E-state index in [9.17, 15) is 18.9 Å². The lowest BCUT2D eigenvalue weighted by Gasteiger charge is -2.47. The maximum Gasteiger partial charge on any atom is 0.264 e. The van der Waals surface area contributed by atoms with Crippen molar-refractivity contribution in [3.8, 4) is 12.1 Å². The zero-order valence-corrected chi connectivity index (χ0v) is 18.6. The number of hydrogen-bond acceptors (Lipinski definition) is 4. The molecule has 0 amide bonds. The highest BCUT2D eigenvalue weighted by molar-refractivity contribution is 7.92. The Labute approximate surface area is 192 Å². The normalized spacial score (nSPS) is 19.1. The summed E-state index contributed by atoms with van der Waals surface area (Å²) in [6.45, 7) is 5.60. The second-order valence-corrected chi connectivity index (χ2v) is 9.72. The number of fused-ring (bicyclic) bond motifs is 1. The number of aryl methyl sites for hydroxylation is 1. The number of rotatable bonds is 4. The van der Waals surface area contributed by atoms with Gasteiger partial charge in [0.05, 0.1) is 22.7 Å². The Bertz CT molecular complexity index is 1390. The molecular weight excluding hydrogens is 437 g/mol. The standard InChI is InChI=1S/C26H20FN3O2S/c1-3-21-24-22(27)10-7-11-23(24)30(33(31,32)20-14-12-18(2)13-15-20)25(26(21,16-28)17-29)19-8-5-4-6-9-19/h3-15,21,25H,1H2,2H3/t21-,25-/m1/s1. The Hall–Kier alpha value is -3.94. The van der Waals surface area contributed by atoms with Crippen LogP contribution < -0.4 is 4.31 Å². The van der Waals surface area contributed by atoms with Gasteiger partial charge in [-0.3, -0.25) is 4.31 Å². The summed E-state index contributed by atoms with van der Waals surface area (Å²) in [5, 5.41) is 20.6. The van der Waals surface area contributed by atoms with Crippen LogP contribution in [0, 0.1) is 40.8 Å². The van der Waals surface area contributed by atoms with Crippen LogP contribution in [-0.4, -0.2) is 8.42 Å². The summed E-state index contributed by atoms with van der Waals surface area (Å²) in [5.41, 5.74) is -0.614. The molecule has 3 aromatic rings. The van der Waals surface area contributed by atoms with E-state index in [-0.39, 0.29) is 16.1 Å². The van der Waals surface area contributed by atoms with Crippen LogP contribution in [0.25, 0.3) is 0 Å². The minimum atomic E-state index is -4.30.